The van der Waals surface area contributed by atoms with Gasteiger partial charge in [-0.15, -0.1) is 21.5 Å². The Morgan fingerprint density at radius 1 is 0.895 bits per heavy atom. The first kappa shape index (κ1) is 16.6. The molecule has 0 aliphatic heterocycles. The third kappa shape index (κ3) is 7.66. The van der Waals surface area contributed by atoms with Crippen LogP contribution in [0, 0.1) is 0 Å². The van der Waals surface area contributed by atoms with Gasteiger partial charge in [0.1, 0.15) is 10.5 Å². The van der Waals surface area contributed by atoms with E-state index in [1.165, 1.54) is 75.6 Å². The molecular formula is C16H30N2S. The SMILES string of the molecule is CCCCCCCC(CCCCCC)c1nncs1. The van der Waals surface area contributed by atoms with Crippen molar-refractivity contribution in [2.75, 3.05) is 0 Å². The topological polar surface area (TPSA) is 25.8 Å². The molecule has 110 valence electrons. The summed E-state index contributed by atoms with van der Waals surface area (Å²) >= 11 is 1.74. The van der Waals surface area contributed by atoms with E-state index >= 15 is 0 Å². The first-order valence-corrected chi connectivity index (χ1v) is 9.02. The molecule has 1 heterocycles. The van der Waals surface area contributed by atoms with E-state index in [1.807, 2.05) is 5.51 Å². The first-order chi connectivity index (χ1) is 9.38. The Labute approximate surface area is 123 Å². The van der Waals surface area contributed by atoms with Gasteiger partial charge >= 0.3 is 0 Å². The van der Waals surface area contributed by atoms with Crippen molar-refractivity contribution < 1.29 is 0 Å². The largest absolute Gasteiger partial charge is 0.147 e. The Hall–Kier alpha value is -0.440. The summed E-state index contributed by atoms with van der Waals surface area (Å²) in [6.07, 6.45) is 14.9. The van der Waals surface area contributed by atoms with Gasteiger partial charge in [-0.3, -0.25) is 0 Å². The standard InChI is InChI=1S/C16H30N2S/c1-3-5-7-9-11-13-15(12-10-8-6-4-2)16-18-17-14-19-16/h14-15H,3-13H2,1-2H3. The van der Waals surface area contributed by atoms with E-state index in [9.17, 15) is 0 Å². The number of nitrogens with zero attached hydrogens (tertiary/aromatic N) is 2. The molecule has 0 aliphatic rings. The molecule has 0 N–H and O–H groups in total. The maximum absolute atomic E-state index is 4.30. The van der Waals surface area contributed by atoms with Crippen LogP contribution in [-0.2, 0) is 0 Å². The molecule has 1 rings (SSSR count). The molecular weight excluding hydrogens is 252 g/mol. The predicted octanol–water partition coefficient (Wildman–Crippen LogP) is 5.95. The fourth-order valence-corrected chi connectivity index (χ4v) is 3.29. The van der Waals surface area contributed by atoms with Gasteiger partial charge in [0.25, 0.3) is 0 Å². The fourth-order valence-electron chi connectivity index (χ4n) is 2.56. The van der Waals surface area contributed by atoms with Gasteiger partial charge in [-0.05, 0) is 12.8 Å². The third-order valence-electron chi connectivity index (χ3n) is 3.79. The van der Waals surface area contributed by atoms with E-state index in [1.54, 1.807) is 11.3 Å². The number of aromatic nitrogens is 2. The average Bonchev–Trinajstić information content (AvgIpc) is 2.95. The smallest absolute Gasteiger partial charge is 0.120 e. The molecule has 3 heteroatoms. The van der Waals surface area contributed by atoms with Gasteiger partial charge in [-0.2, -0.15) is 0 Å². The Bertz CT molecular complexity index is 285. The maximum atomic E-state index is 4.30. The van der Waals surface area contributed by atoms with Gasteiger partial charge in [0.2, 0.25) is 0 Å². The van der Waals surface area contributed by atoms with Crippen molar-refractivity contribution >= 4 is 11.3 Å². The lowest BCUT2D eigenvalue weighted by Crippen LogP contribution is -1.99. The highest BCUT2D eigenvalue weighted by Gasteiger charge is 2.14. The average molecular weight is 282 g/mol. The molecule has 1 unspecified atom stereocenters. The van der Waals surface area contributed by atoms with Crippen molar-refractivity contribution in [3.05, 3.63) is 10.5 Å². The summed E-state index contributed by atoms with van der Waals surface area (Å²) in [7, 11) is 0. The Kier molecular flexibility index (Phi) is 9.96. The molecule has 2 nitrogen and oxygen atoms in total. The van der Waals surface area contributed by atoms with Crippen LogP contribution in [0.25, 0.3) is 0 Å². The van der Waals surface area contributed by atoms with Crippen LogP contribution in [0.1, 0.15) is 95.4 Å². The van der Waals surface area contributed by atoms with E-state index in [0.29, 0.717) is 5.92 Å². The van der Waals surface area contributed by atoms with Gasteiger partial charge in [-0.1, -0.05) is 71.6 Å². The second-order valence-corrected chi connectivity index (χ2v) is 6.39. The minimum absolute atomic E-state index is 0.672. The molecule has 0 aromatic carbocycles. The quantitative estimate of drug-likeness (QED) is 0.442. The lowest BCUT2D eigenvalue weighted by atomic mass is 9.95. The molecule has 1 aromatic rings. The van der Waals surface area contributed by atoms with E-state index in [4.69, 9.17) is 0 Å². The van der Waals surface area contributed by atoms with Gasteiger partial charge in [-0.25, -0.2) is 0 Å². The molecule has 0 saturated carbocycles. The summed E-state index contributed by atoms with van der Waals surface area (Å²) in [5.41, 5.74) is 1.88. The van der Waals surface area contributed by atoms with Gasteiger partial charge in [0.05, 0.1) is 0 Å². The van der Waals surface area contributed by atoms with E-state index < -0.39 is 0 Å². The van der Waals surface area contributed by atoms with Crippen molar-refractivity contribution in [3.63, 3.8) is 0 Å². The minimum atomic E-state index is 0.672. The number of unbranched alkanes of at least 4 members (excludes halogenated alkanes) is 7. The molecule has 0 radical (unpaired) electrons. The van der Waals surface area contributed by atoms with E-state index in [0.717, 1.165) is 0 Å². The monoisotopic (exact) mass is 282 g/mol. The minimum Gasteiger partial charge on any atom is -0.147 e. The maximum Gasteiger partial charge on any atom is 0.120 e. The molecule has 0 fully saturated rings. The molecule has 1 atom stereocenters. The number of hydrogen-bond donors (Lipinski definition) is 0. The zero-order valence-corrected chi connectivity index (χ0v) is 13.6. The molecule has 1 aromatic heterocycles. The summed E-state index contributed by atoms with van der Waals surface area (Å²) in [6, 6.07) is 0. The van der Waals surface area contributed by atoms with Crippen molar-refractivity contribution in [3.8, 4) is 0 Å². The van der Waals surface area contributed by atoms with Crippen molar-refractivity contribution in [2.45, 2.75) is 90.4 Å². The summed E-state index contributed by atoms with van der Waals surface area (Å²) < 4.78 is 0. The van der Waals surface area contributed by atoms with Gasteiger partial charge in [0, 0.05) is 5.92 Å². The van der Waals surface area contributed by atoms with Gasteiger partial charge < -0.3 is 0 Å². The zero-order valence-electron chi connectivity index (χ0n) is 12.7. The highest BCUT2D eigenvalue weighted by atomic mass is 32.1. The Morgan fingerprint density at radius 3 is 2.00 bits per heavy atom. The Morgan fingerprint density at radius 2 is 1.47 bits per heavy atom. The van der Waals surface area contributed by atoms with Crippen LogP contribution >= 0.6 is 11.3 Å². The molecule has 19 heavy (non-hydrogen) atoms. The van der Waals surface area contributed by atoms with Crippen LogP contribution in [0.5, 0.6) is 0 Å². The van der Waals surface area contributed by atoms with Gasteiger partial charge in [0.15, 0.2) is 0 Å². The molecule has 0 aliphatic carbocycles. The predicted molar refractivity (Wildman–Crippen MR) is 84.8 cm³/mol. The lowest BCUT2D eigenvalue weighted by Gasteiger charge is -2.13. The van der Waals surface area contributed by atoms with Crippen LogP contribution in [0.4, 0.5) is 0 Å². The highest BCUT2D eigenvalue weighted by molar-refractivity contribution is 7.09. The highest BCUT2D eigenvalue weighted by Crippen LogP contribution is 2.29. The van der Waals surface area contributed by atoms with Crippen LogP contribution in [0.3, 0.4) is 0 Å². The molecule has 0 spiro atoms. The number of rotatable bonds is 12. The lowest BCUT2D eigenvalue weighted by molar-refractivity contribution is 0.490. The zero-order chi connectivity index (χ0) is 13.8. The van der Waals surface area contributed by atoms with Crippen LogP contribution < -0.4 is 0 Å². The van der Waals surface area contributed by atoms with E-state index in [2.05, 4.69) is 24.0 Å². The molecule has 0 amide bonds. The Balaban J connectivity index is 2.25. The molecule has 0 saturated heterocycles. The van der Waals surface area contributed by atoms with Crippen LogP contribution in [0.15, 0.2) is 5.51 Å². The summed E-state index contributed by atoms with van der Waals surface area (Å²) in [5.74, 6) is 0.672. The number of hydrogen-bond acceptors (Lipinski definition) is 3. The van der Waals surface area contributed by atoms with Crippen molar-refractivity contribution in [1.29, 1.82) is 0 Å². The van der Waals surface area contributed by atoms with E-state index in [-0.39, 0.29) is 0 Å². The second-order valence-electron chi connectivity index (χ2n) is 5.53. The fraction of sp³-hybridized carbons (Fsp3) is 0.875. The van der Waals surface area contributed by atoms with Crippen LogP contribution in [-0.4, -0.2) is 10.2 Å². The second kappa shape index (κ2) is 11.4. The normalized spacial score (nSPS) is 12.7. The van der Waals surface area contributed by atoms with Crippen molar-refractivity contribution in [1.82, 2.24) is 10.2 Å². The van der Waals surface area contributed by atoms with Crippen LogP contribution in [0.2, 0.25) is 0 Å². The molecule has 0 bridgehead atoms. The third-order valence-corrected chi connectivity index (χ3v) is 4.64. The summed E-state index contributed by atoms with van der Waals surface area (Å²) in [6.45, 7) is 4.55. The summed E-state index contributed by atoms with van der Waals surface area (Å²) in [4.78, 5) is 0. The first-order valence-electron chi connectivity index (χ1n) is 8.14. The van der Waals surface area contributed by atoms with Crippen molar-refractivity contribution in [2.24, 2.45) is 0 Å². The summed E-state index contributed by atoms with van der Waals surface area (Å²) in [5, 5.41) is 9.58.